The van der Waals surface area contributed by atoms with E-state index in [-0.39, 0.29) is 29.6 Å². The van der Waals surface area contributed by atoms with E-state index in [0.717, 1.165) is 24.8 Å². The molecule has 0 unspecified atom stereocenters. The number of hydrogen-bond acceptors (Lipinski definition) is 4. The third-order valence-corrected chi connectivity index (χ3v) is 6.79. The maximum Gasteiger partial charge on any atom is 0.243 e. The van der Waals surface area contributed by atoms with Crippen LogP contribution in [0.4, 0.5) is 11.4 Å². The first-order valence-electron chi connectivity index (χ1n) is 9.11. The van der Waals surface area contributed by atoms with Gasteiger partial charge in [-0.05, 0) is 55.2 Å². The van der Waals surface area contributed by atoms with E-state index < -0.39 is 10.0 Å². The van der Waals surface area contributed by atoms with Crippen LogP contribution in [-0.4, -0.2) is 31.7 Å². The van der Waals surface area contributed by atoms with Gasteiger partial charge in [-0.1, -0.05) is 24.6 Å². The fourth-order valence-corrected chi connectivity index (χ4v) is 4.99. The molecule has 0 atom stereocenters. The number of sulfonamides is 1. The minimum absolute atomic E-state index is 0. The minimum Gasteiger partial charge on any atom is -0.399 e. The molecular formula is C20H26ClN3O3S. The largest absolute Gasteiger partial charge is 0.399 e. The van der Waals surface area contributed by atoms with Crippen LogP contribution >= 0.6 is 12.4 Å². The highest BCUT2D eigenvalue weighted by Gasteiger charge is 2.27. The van der Waals surface area contributed by atoms with Crippen molar-refractivity contribution >= 4 is 39.7 Å². The van der Waals surface area contributed by atoms with Crippen LogP contribution in [0, 0.1) is 6.92 Å². The number of aryl methyl sites for hydroxylation is 1. The van der Waals surface area contributed by atoms with Crippen molar-refractivity contribution in [1.82, 2.24) is 4.31 Å². The van der Waals surface area contributed by atoms with Crippen LogP contribution in [0.5, 0.6) is 0 Å². The first-order valence-corrected chi connectivity index (χ1v) is 10.6. The normalized spacial score (nSPS) is 14.9. The first kappa shape index (κ1) is 22.2. The van der Waals surface area contributed by atoms with Crippen molar-refractivity contribution in [3.05, 3.63) is 53.6 Å². The highest BCUT2D eigenvalue weighted by molar-refractivity contribution is 7.89. The van der Waals surface area contributed by atoms with E-state index in [1.807, 2.05) is 0 Å². The van der Waals surface area contributed by atoms with Gasteiger partial charge in [0.25, 0.3) is 0 Å². The van der Waals surface area contributed by atoms with E-state index >= 15 is 0 Å². The number of rotatable bonds is 5. The Morgan fingerprint density at radius 3 is 2.36 bits per heavy atom. The molecule has 0 bridgehead atoms. The predicted molar refractivity (Wildman–Crippen MR) is 114 cm³/mol. The summed E-state index contributed by atoms with van der Waals surface area (Å²) in [5.41, 5.74) is 8.30. The SMILES string of the molecule is Cc1ccc(NC(=O)Cc2ccc(N)cc2)cc1S(=O)(=O)N1CCCCC1.Cl. The van der Waals surface area contributed by atoms with Gasteiger partial charge in [0.05, 0.1) is 11.3 Å². The molecule has 1 aliphatic rings. The van der Waals surface area contributed by atoms with Crippen molar-refractivity contribution < 1.29 is 13.2 Å². The summed E-state index contributed by atoms with van der Waals surface area (Å²) in [4.78, 5) is 12.6. The number of hydrogen-bond donors (Lipinski definition) is 2. The van der Waals surface area contributed by atoms with Gasteiger partial charge < -0.3 is 11.1 Å². The summed E-state index contributed by atoms with van der Waals surface area (Å²) >= 11 is 0. The van der Waals surface area contributed by atoms with Crippen LogP contribution in [0.1, 0.15) is 30.4 Å². The zero-order valence-corrected chi connectivity index (χ0v) is 17.5. The summed E-state index contributed by atoms with van der Waals surface area (Å²) in [5.74, 6) is -0.204. The number of halogens is 1. The molecule has 3 N–H and O–H groups in total. The molecule has 2 aromatic rings. The summed E-state index contributed by atoms with van der Waals surface area (Å²) in [5, 5.41) is 2.79. The second-order valence-electron chi connectivity index (χ2n) is 6.91. The number of carbonyl (C=O) groups is 1. The lowest BCUT2D eigenvalue weighted by Crippen LogP contribution is -2.36. The molecule has 1 aliphatic heterocycles. The average Bonchev–Trinajstić information content (AvgIpc) is 2.66. The Bertz CT molecular complexity index is 924. The minimum atomic E-state index is -3.55. The van der Waals surface area contributed by atoms with Gasteiger partial charge in [0, 0.05) is 24.5 Å². The van der Waals surface area contributed by atoms with E-state index in [1.165, 1.54) is 0 Å². The van der Waals surface area contributed by atoms with E-state index in [1.54, 1.807) is 53.7 Å². The topological polar surface area (TPSA) is 92.5 Å². The monoisotopic (exact) mass is 423 g/mol. The fourth-order valence-electron chi connectivity index (χ4n) is 3.23. The van der Waals surface area contributed by atoms with Gasteiger partial charge >= 0.3 is 0 Å². The number of nitrogens with one attached hydrogen (secondary N) is 1. The number of carbonyl (C=O) groups excluding carboxylic acids is 1. The average molecular weight is 424 g/mol. The molecule has 1 fully saturated rings. The van der Waals surface area contributed by atoms with Crippen LogP contribution in [0.2, 0.25) is 0 Å². The quantitative estimate of drug-likeness (QED) is 0.721. The summed E-state index contributed by atoms with van der Waals surface area (Å²) in [7, 11) is -3.55. The molecule has 152 valence electrons. The molecule has 1 saturated heterocycles. The molecule has 28 heavy (non-hydrogen) atoms. The Kier molecular flexibility index (Phi) is 7.46. The van der Waals surface area contributed by atoms with E-state index in [4.69, 9.17) is 5.73 Å². The summed E-state index contributed by atoms with van der Waals surface area (Å²) in [6.07, 6.45) is 3.03. The second kappa shape index (κ2) is 9.41. The van der Waals surface area contributed by atoms with E-state index in [9.17, 15) is 13.2 Å². The summed E-state index contributed by atoms with van der Waals surface area (Å²) < 4.78 is 27.5. The molecule has 0 spiro atoms. The third-order valence-electron chi connectivity index (χ3n) is 4.75. The summed E-state index contributed by atoms with van der Waals surface area (Å²) in [6, 6.07) is 12.1. The van der Waals surface area contributed by atoms with Crippen LogP contribution in [0.15, 0.2) is 47.4 Å². The lowest BCUT2D eigenvalue weighted by molar-refractivity contribution is -0.115. The molecular weight excluding hydrogens is 398 g/mol. The van der Waals surface area contributed by atoms with Crippen molar-refractivity contribution in [1.29, 1.82) is 0 Å². The number of piperidine rings is 1. The highest BCUT2D eigenvalue weighted by Crippen LogP contribution is 2.26. The van der Waals surface area contributed by atoms with Crippen LogP contribution in [-0.2, 0) is 21.2 Å². The molecule has 3 rings (SSSR count). The zero-order chi connectivity index (χ0) is 19.4. The number of anilines is 2. The molecule has 0 aliphatic carbocycles. The number of nitrogens with zero attached hydrogens (tertiary/aromatic N) is 1. The Hall–Kier alpha value is -2.09. The third kappa shape index (κ3) is 5.25. The maximum absolute atomic E-state index is 13.0. The Morgan fingerprint density at radius 1 is 1.07 bits per heavy atom. The van der Waals surface area contributed by atoms with Crippen LogP contribution < -0.4 is 11.1 Å². The van der Waals surface area contributed by atoms with Crippen molar-refractivity contribution in [3.63, 3.8) is 0 Å². The standard InChI is InChI=1S/C20H25N3O3S.ClH/c1-15-5-10-18(22-20(24)13-16-6-8-17(21)9-7-16)14-19(15)27(25,26)23-11-3-2-4-12-23;/h5-10,14H,2-4,11-13,21H2,1H3,(H,22,24);1H. The van der Waals surface area contributed by atoms with Gasteiger partial charge in [-0.2, -0.15) is 4.31 Å². The van der Waals surface area contributed by atoms with E-state index in [2.05, 4.69) is 5.32 Å². The van der Waals surface area contributed by atoms with Crippen LogP contribution in [0.3, 0.4) is 0 Å². The van der Waals surface area contributed by atoms with Gasteiger partial charge in [0.2, 0.25) is 15.9 Å². The van der Waals surface area contributed by atoms with Crippen LogP contribution in [0.25, 0.3) is 0 Å². The van der Waals surface area contributed by atoms with Gasteiger partial charge in [0.1, 0.15) is 0 Å². The van der Waals surface area contributed by atoms with E-state index in [0.29, 0.717) is 30.0 Å². The van der Waals surface area contributed by atoms with Crippen molar-refractivity contribution in [2.24, 2.45) is 0 Å². The smallest absolute Gasteiger partial charge is 0.243 e. The first-order chi connectivity index (χ1) is 12.9. The number of benzene rings is 2. The lowest BCUT2D eigenvalue weighted by atomic mass is 10.1. The Morgan fingerprint density at radius 2 is 1.71 bits per heavy atom. The van der Waals surface area contributed by atoms with Crippen molar-refractivity contribution in [3.8, 4) is 0 Å². The molecule has 0 aromatic heterocycles. The number of amides is 1. The maximum atomic E-state index is 13.0. The number of nitrogen functional groups attached to an aromatic ring is 1. The molecule has 1 heterocycles. The lowest BCUT2D eigenvalue weighted by Gasteiger charge is -2.26. The fraction of sp³-hybridized carbons (Fsp3) is 0.350. The van der Waals surface area contributed by atoms with Crippen molar-refractivity contribution in [2.75, 3.05) is 24.1 Å². The molecule has 2 aromatic carbocycles. The van der Waals surface area contributed by atoms with Gasteiger partial charge in [-0.25, -0.2) is 8.42 Å². The predicted octanol–water partition coefficient (Wildman–Crippen LogP) is 3.35. The van der Waals surface area contributed by atoms with Crippen molar-refractivity contribution in [2.45, 2.75) is 37.5 Å². The Balaban J connectivity index is 0.00000280. The molecule has 0 saturated carbocycles. The molecule has 8 heteroatoms. The molecule has 6 nitrogen and oxygen atoms in total. The van der Waals surface area contributed by atoms with Gasteiger partial charge in [0.15, 0.2) is 0 Å². The summed E-state index contributed by atoms with van der Waals surface area (Å²) in [6.45, 7) is 2.88. The second-order valence-corrected chi connectivity index (χ2v) is 8.82. The highest BCUT2D eigenvalue weighted by atomic mass is 35.5. The number of nitrogens with two attached hydrogens (primary N) is 1. The van der Waals surface area contributed by atoms with Gasteiger partial charge in [-0.3, -0.25) is 4.79 Å². The zero-order valence-electron chi connectivity index (χ0n) is 15.8. The Labute approximate surface area is 172 Å². The molecule has 0 radical (unpaired) electrons. The molecule has 1 amide bonds. The van der Waals surface area contributed by atoms with Gasteiger partial charge in [-0.15, -0.1) is 12.4 Å².